The van der Waals surface area contributed by atoms with Gasteiger partial charge in [-0.25, -0.2) is 9.78 Å². The topological polar surface area (TPSA) is 85.8 Å². The zero-order chi connectivity index (χ0) is 19.7. The number of carbonyl (C=O) groups excluding carboxylic acids is 1. The average molecular weight is 397 g/mol. The van der Waals surface area contributed by atoms with Gasteiger partial charge in [0.25, 0.3) is 0 Å². The zero-order valence-corrected chi connectivity index (χ0v) is 16.3. The molecule has 1 N–H and O–H groups in total. The van der Waals surface area contributed by atoms with Crippen LogP contribution in [0.25, 0.3) is 15.9 Å². The van der Waals surface area contributed by atoms with Gasteiger partial charge in [-0.1, -0.05) is 0 Å². The molecule has 7 nitrogen and oxygen atoms in total. The van der Waals surface area contributed by atoms with Gasteiger partial charge in [0.15, 0.2) is 4.96 Å². The van der Waals surface area contributed by atoms with Crippen LogP contribution < -0.4 is 15.7 Å². The van der Waals surface area contributed by atoms with Crippen molar-refractivity contribution in [3.63, 3.8) is 0 Å². The zero-order valence-electron chi connectivity index (χ0n) is 15.5. The Bertz CT molecular complexity index is 1190. The van der Waals surface area contributed by atoms with E-state index in [1.807, 2.05) is 41.2 Å². The lowest BCUT2D eigenvalue weighted by molar-refractivity contribution is -0.121. The molecule has 0 atom stereocenters. The van der Waals surface area contributed by atoms with Crippen molar-refractivity contribution in [2.75, 3.05) is 7.11 Å². The summed E-state index contributed by atoms with van der Waals surface area (Å²) >= 11 is 1.54. The largest absolute Gasteiger partial charge is 0.497 e. The number of rotatable bonds is 6. The Morgan fingerprint density at radius 3 is 3.04 bits per heavy atom. The highest BCUT2D eigenvalue weighted by Gasteiger charge is 2.14. The van der Waals surface area contributed by atoms with Gasteiger partial charge < -0.3 is 14.5 Å². The number of aryl methyl sites for hydroxylation is 1. The van der Waals surface area contributed by atoms with Crippen molar-refractivity contribution in [3.05, 3.63) is 63.2 Å². The van der Waals surface area contributed by atoms with Crippen LogP contribution in [-0.2, 0) is 17.8 Å². The number of hydrogen-bond donors (Lipinski definition) is 1. The fourth-order valence-corrected chi connectivity index (χ4v) is 3.89. The number of fused-ring (bicyclic) bond motifs is 2. The summed E-state index contributed by atoms with van der Waals surface area (Å²) < 4.78 is 12.5. The lowest BCUT2D eigenvalue weighted by Crippen LogP contribution is -2.24. The predicted molar refractivity (Wildman–Crippen MR) is 107 cm³/mol. The summed E-state index contributed by atoms with van der Waals surface area (Å²) in [6.45, 7) is 2.23. The number of amides is 1. The minimum absolute atomic E-state index is 0.134. The number of methoxy groups -OCH3 is 1. The molecule has 3 aromatic heterocycles. The van der Waals surface area contributed by atoms with E-state index in [0.29, 0.717) is 29.9 Å². The third kappa shape index (κ3) is 3.50. The molecule has 4 aromatic rings. The summed E-state index contributed by atoms with van der Waals surface area (Å²) in [6, 6.07) is 5.37. The number of hydrogen-bond acceptors (Lipinski definition) is 6. The van der Waals surface area contributed by atoms with E-state index in [4.69, 9.17) is 9.15 Å². The maximum Gasteiger partial charge on any atom is 0.339 e. The first-order valence-electron chi connectivity index (χ1n) is 8.83. The van der Waals surface area contributed by atoms with Crippen molar-refractivity contribution < 1.29 is 13.9 Å². The maximum atomic E-state index is 12.4. The van der Waals surface area contributed by atoms with E-state index in [-0.39, 0.29) is 12.3 Å². The normalized spacial score (nSPS) is 11.2. The molecule has 8 heteroatoms. The summed E-state index contributed by atoms with van der Waals surface area (Å²) in [7, 11) is 1.56. The molecule has 28 heavy (non-hydrogen) atoms. The summed E-state index contributed by atoms with van der Waals surface area (Å²) in [6.07, 6.45) is 4.34. The molecule has 4 rings (SSSR count). The minimum atomic E-state index is -0.416. The minimum Gasteiger partial charge on any atom is -0.497 e. The first-order chi connectivity index (χ1) is 13.5. The van der Waals surface area contributed by atoms with Crippen LogP contribution in [0.4, 0.5) is 0 Å². The summed E-state index contributed by atoms with van der Waals surface area (Å²) in [5.74, 6) is 0.492. The number of thiazole rings is 1. The third-order valence-corrected chi connectivity index (χ3v) is 5.48. The number of nitrogens with one attached hydrogen (secondary N) is 1. The fraction of sp³-hybridized carbons (Fsp3) is 0.250. The van der Waals surface area contributed by atoms with Crippen LogP contribution in [0, 0.1) is 6.92 Å². The number of aromatic nitrogens is 2. The van der Waals surface area contributed by atoms with Crippen LogP contribution in [0.5, 0.6) is 5.75 Å². The molecule has 0 aliphatic heterocycles. The van der Waals surface area contributed by atoms with E-state index in [1.54, 1.807) is 24.5 Å². The second-order valence-corrected chi connectivity index (χ2v) is 7.33. The Kier molecular flexibility index (Phi) is 4.87. The molecule has 0 aliphatic rings. The molecule has 1 aromatic carbocycles. The van der Waals surface area contributed by atoms with E-state index in [1.165, 1.54) is 0 Å². The monoisotopic (exact) mass is 397 g/mol. The molecule has 0 unspecified atom stereocenters. The fourth-order valence-electron chi connectivity index (χ4n) is 3.17. The molecule has 0 fully saturated rings. The molecule has 0 aliphatic carbocycles. The third-order valence-electron chi connectivity index (χ3n) is 4.71. The lowest BCUT2D eigenvalue weighted by atomic mass is 10.0. The molecule has 0 saturated heterocycles. The van der Waals surface area contributed by atoms with Crippen LogP contribution >= 0.6 is 11.3 Å². The number of imidazole rings is 1. The number of nitrogens with zero attached hydrogens (tertiary/aromatic N) is 2. The Balaban J connectivity index is 1.43. The van der Waals surface area contributed by atoms with Gasteiger partial charge in [-0.3, -0.25) is 9.20 Å². The number of carbonyl (C=O) groups is 1. The van der Waals surface area contributed by atoms with Gasteiger partial charge in [-0.2, -0.15) is 0 Å². The van der Waals surface area contributed by atoms with Gasteiger partial charge in [0.1, 0.15) is 11.3 Å². The van der Waals surface area contributed by atoms with Crippen LogP contribution in [0.3, 0.4) is 0 Å². The van der Waals surface area contributed by atoms with Crippen molar-refractivity contribution in [2.45, 2.75) is 26.3 Å². The van der Waals surface area contributed by atoms with Crippen LogP contribution in [-0.4, -0.2) is 22.4 Å². The van der Waals surface area contributed by atoms with Gasteiger partial charge in [0, 0.05) is 41.2 Å². The van der Waals surface area contributed by atoms with Crippen LogP contribution in [0.2, 0.25) is 0 Å². The lowest BCUT2D eigenvalue weighted by Gasteiger charge is -2.09. The van der Waals surface area contributed by atoms with E-state index < -0.39 is 5.63 Å². The molecule has 0 saturated carbocycles. The second kappa shape index (κ2) is 7.47. The first-order valence-corrected chi connectivity index (χ1v) is 9.71. The summed E-state index contributed by atoms with van der Waals surface area (Å²) in [5, 5.41) is 5.65. The van der Waals surface area contributed by atoms with Crippen molar-refractivity contribution in [1.29, 1.82) is 0 Å². The van der Waals surface area contributed by atoms with Gasteiger partial charge in [-0.15, -0.1) is 11.3 Å². The molecule has 0 bridgehead atoms. The van der Waals surface area contributed by atoms with Crippen molar-refractivity contribution in [3.8, 4) is 5.75 Å². The van der Waals surface area contributed by atoms with Crippen molar-refractivity contribution in [2.24, 2.45) is 0 Å². The highest BCUT2D eigenvalue weighted by atomic mass is 32.1. The molecule has 0 spiro atoms. The Morgan fingerprint density at radius 1 is 1.39 bits per heavy atom. The van der Waals surface area contributed by atoms with E-state index in [0.717, 1.165) is 21.6 Å². The predicted octanol–water partition coefficient (Wildman–Crippen LogP) is 3.07. The van der Waals surface area contributed by atoms with Gasteiger partial charge in [-0.05, 0) is 31.0 Å². The SMILES string of the molecule is COc1ccc2c(C)c(CCC(=O)NCc3cn4ccsc4n3)c(=O)oc2c1. The maximum absolute atomic E-state index is 12.4. The van der Waals surface area contributed by atoms with Crippen LogP contribution in [0.15, 0.2) is 45.2 Å². The quantitative estimate of drug-likeness (QED) is 0.506. The van der Waals surface area contributed by atoms with Gasteiger partial charge in [0.2, 0.25) is 5.91 Å². The van der Waals surface area contributed by atoms with E-state index in [9.17, 15) is 9.59 Å². The summed E-state index contributed by atoms with van der Waals surface area (Å²) in [5.41, 5.74) is 2.22. The van der Waals surface area contributed by atoms with Gasteiger partial charge in [0.05, 0.1) is 19.3 Å². The highest BCUT2D eigenvalue weighted by Crippen LogP contribution is 2.24. The van der Waals surface area contributed by atoms with E-state index in [2.05, 4.69) is 10.3 Å². The molecule has 1 amide bonds. The number of benzene rings is 1. The standard InChI is InChI=1S/C20H19N3O4S/c1-12-15-4-3-14(26-2)9-17(15)27-19(25)16(12)5-6-18(24)21-10-13-11-23-7-8-28-20(23)22-13/h3-4,7-9,11H,5-6,10H2,1-2H3,(H,21,24). The molecular weight excluding hydrogens is 378 g/mol. The highest BCUT2D eigenvalue weighted by molar-refractivity contribution is 7.15. The van der Waals surface area contributed by atoms with Crippen LogP contribution in [0.1, 0.15) is 23.2 Å². The summed E-state index contributed by atoms with van der Waals surface area (Å²) in [4.78, 5) is 29.9. The van der Waals surface area contributed by atoms with E-state index >= 15 is 0 Å². The van der Waals surface area contributed by atoms with Crippen molar-refractivity contribution in [1.82, 2.24) is 14.7 Å². The second-order valence-electron chi connectivity index (χ2n) is 6.46. The Labute approximate surface area is 164 Å². The van der Waals surface area contributed by atoms with Gasteiger partial charge >= 0.3 is 5.63 Å². The van der Waals surface area contributed by atoms with Crippen molar-refractivity contribution >= 4 is 33.2 Å². The molecule has 0 radical (unpaired) electrons. The smallest absolute Gasteiger partial charge is 0.339 e. The Hall–Kier alpha value is -3.13. The molecule has 144 valence electrons. The average Bonchev–Trinajstić information content (AvgIpc) is 3.27. The number of ether oxygens (including phenoxy) is 1. The first kappa shape index (κ1) is 18.2. The molecule has 3 heterocycles. The Morgan fingerprint density at radius 2 is 2.25 bits per heavy atom. The molecular formula is C20H19N3O4S.